The van der Waals surface area contributed by atoms with E-state index in [0.29, 0.717) is 5.56 Å². The number of aryl methyl sites for hydroxylation is 1. The highest BCUT2D eigenvalue weighted by Crippen LogP contribution is 2.32. The van der Waals surface area contributed by atoms with E-state index < -0.39 is 49.4 Å². The molecule has 4 rings (SSSR count). The number of benzene rings is 2. The first-order valence-corrected chi connectivity index (χ1v) is 13.6. The maximum absolute atomic E-state index is 13.6. The third kappa shape index (κ3) is 5.98. The molecule has 3 aromatic rings. The molecule has 0 spiro atoms. The number of carbonyl (C=O) groups is 2. The zero-order valence-electron chi connectivity index (χ0n) is 20.8. The number of amides is 2. The summed E-state index contributed by atoms with van der Waals surface area (Å²) in [4.78, 5) is 40.1. The van der Waals surface area contributed by atoms with Gasteiger partial charge in [-0.25, -0.2) is 9.99 Å². The second kappa shape index (κ2) is 11.5. The number of anilines is 2. The molecule has 2 amide bonds. The number of hydrazone groups is 1. The monoisotopic (exact) mass is 606 g/mol. The maximum Gasteiger partial charge on any atom is 0.340 e. The van der Waals surface area contributed by atoms with Gasteiger partial charge in [-0.05, 0) is 42.8 Å². The summed E-state index contributed by atoms with van der Waals surface area (Å²) in [6.07, 6.45) is 1.05. The van der Waals surface area contributed by atoms with Crippen LogP contribution in [0.4, 0.5) is 17.2 Å². The quantitative estimate of drug-likeness (QED) is 0.229. The largest absolute Gasteiger partial charge is 0.361 e. The van der Waals surface area contributed by atoms with E-state index in [0.717, 1.165) is 23.2 Å². The molecule has 40 heavy (non-hydrogen) atoms. The molecule has 0 radical (unpaired) electrons. The van der Waals surface area contributed by atoms with E-state index in [9.17, 15) is 28.1 Å². The van der Waals surface area contributed by atoms with Crippen LogP contribution in [-0.2, 0) is 19.1 Å². The lowest BCUT2D eigenvalue weighted by Crippen LogP contribution is -2.39. The van der Waals surface area contributed by atoms with E-state index in [-0.39, 0.29) is 33.5 Å². The van der Waals surface area contributed by atoms with Gasteiger partial charge in [0.1, 0.15) is 10.9 Å². The van der Waals surface area contributed by atoms with Crippen molar-refractivity contribution in [2.45, 2.75) is 24.3 Å². The molecule has 2 heterocycles. The topological polar surface area (TPSA) is 173 Å². The van der Waals surface area contributed by atoms with Gasteiger partial charge < -0.3 is 14.8 Å². The van der Waals surface area contributed by atoms with Crippen LogP contribution in [0.5, 0.6) is 0 Å². The van der Waals surface area contributed by atoms with Crippen molar-refractivity contribution in [1.29, 1.82) is 0 Å². The smallest absolute Gasteiger partial charge is 0.340 e. The third-order valence-electron chi connectivity index (χ3n) is 5.68. The minimum absolute atomic E-state index is 0.0371. The number of nitrogens with zero attached hydrogens (tertiary/aromatic N) is 4. The van der Waals surface area contributed by atoms with Gasteiger partial charge in [-0.1, -0.05) is 29.3 Å². The molecule has 0 fully saturated rings. The molecule has 1 aliphatic heterocycles. The summed E-state index contributed by atoms with van der Waals surface area (Å²) >= 11 is 12.4. The van der Waals surface area contributed by atoms with Crippen LogP contribution in [0, 0.1) is 17.0 Å². The molecular weight excluding hydrogens is 587 g/mol. The Morgan fingerprint density at radius 3 is 2.60 bits per heavy atom. The van der Waals surface area contributed by atoms with Gasteiger partial charge in [0.25, 0.3) is 11.6 Å². The number of nitro groups is 1. The Morgan fingerprint density at radius 2 is 1.93 bits per heavy atom. The Bertz CT molecular complexity index is 1670. The van der Waals surface area contributed by atoms with Crippen LogP contribution in [0.3, 0.4) is 0 Å². The van der Waals surface area contributed by atoms with Crippen molar-refractivity contribution >= 4 is 68.2 Å². The van der Waals surface area contributed by atoms with Crippen LogP contribution in [0.15, 0.2) is 64.7 Å². The first-order valence-electron chi connectivity index (χ1n) is 11.4. The van der Waals surface area contributed by atoms with Crippen molar-refractivity contribution in [3.05, 3.63) is 86.0 Å². The highest BCUT2D eigenvalue weighted by Gasteiger charge is 2.39. The number of nitrogens with one attached hydrogen (secondary N) is 2. The lowest BCUT2D eigenvalue weighted by atomic mass is 10.1. The summed E-state index contributed by atoms with van der Waals surface area (Å²) in [5, 5.41) is 21.9. The van der Waals surface area contributed by atoms with Crippen LogP contribution < -0.4 is 15.6 Å². The van der Waals surface area contributed by atoms with Gasteiger partial charge in [0.15, 0.2) is 5.82 Å². The van der Waals surface area contributed by atoms with Gasteiger partial charge in [0, 0.05) is 30.4 Å². The number of hydrogen-bond acceptors (Lipinski definition) is 10. The van der Waals surface area contributed by atoms with E-state index >= 15 is 0 Å². The van der Waals surface area contributed by atoms with Crippen molar-refractivity contribution in [3.63, 3.8) is 0 Å². The fourth-order valence-corrected chi connectivity index (χ4v) is 5.28. The number of rotatable bonds is 7. The van der Waals surface area contributed by atoms with Gasteiger partial charge in [0.05, 0.1) is 27.6 Å². The second-order valence-corrected chi connectivity index (χ2v) is 10.8. The van der Waals surface area contributed by atoms with Crippen molar-refractivity contribution in [2.24, 2.45) is 5.10 Å². The van der Waals surface area contributed by atoms with E-state index in [1.54, 1.807) is 19.1 Å². The number of pyridine rings is 1. The normalized spacial score (nSPS) is 14.8. The van der Waals surface area contributed by atoms with Crippen LogP contribution in [0.1, 0.15) is 22.3 Å². The zero-order valence-corrected chi connectivity index (χ0v) is 23.1. The molecule has 1 aromatic heterocycles. The number of aromatic nitrogens is 1. The lowest BCUT2D eigenvalue weighted by molar-refractivity contribution is -0.385. The van der Waals surface area contributed by atoms with Crippen LogP contribution in [0.2, 0.25) is 10.0 Å². The van der Waals surface area contributed by atoms with Crippen LogP contribution in [0.25, 0.3) is 0 Å². The predicted octanol–water partition coefficient (Wildman–Crippen LogP) is 3.90. The summed E-state index contributed by atoms with van der Waals surface area (Å²) in [7, 11) is -3.15. The standard InChI is InChI=1S/C24H20Cl2N6O7S/c1-13-9-14(25)10-17(23(33)27-2)21(13)29-24(34)19-12-20(30-31(19)22-18(26)7-4-8-28-22)39-40(37,38)16-6-3-5-15(11-16)32(35)36/h3-11,19H,12H2,1-2H3,(H,27,33)(H,29,34). The highest BCUT2D eigenvalue weighted by molar-refractivity contribution is 7.87. The minimum atomic E-state index is -4.57. The molecule has 13 nitrogen and oxygen atoms in total. The average molecular weight is 607 g/mol. The molecule has 208 valence electrons. The second-order valence-electron chi connectivity index (χ2n) is 8.37. The van der Waals surface area contributed by atoms with Crippen LogP contribution in [-0.4, -0.2) is 49.1 Å². The number of carbonyl (C=O) groups excluding carboxylic acids is 2. The van der Waals surface area contributed by atoms with Crippen molar-refractivity contribution in [3.8, 4) is 0 Å². The molecule has 2 N–H and O–H groups in total. The van der Waals surface area contributed by atoms with E-state index in [2.05, 4.69) is 20.7 Å². The summed E-state index contributed by atoms with van der Waals surface area (Å²) in [5.41, 5.74) is 0.319. The molecule has 1 unspecified atom stereocenters. The number of hydrogen-bond donors (Lipinski definition) is 2. The first kappa shape index (κ1) is 28.7. The molecule has 0 aliphatic carbocycles. The Kier molecular flexibility index (Phi) is 8.23. The van der Waals surface area contributed by atoms with Gasteiger partial charge in [-0.2, -0.15) is 8.42 Å². The number of nitro benzene ring substituents is 1. The molecule has 1 atom stereocenters. The maximum atomic E-state index is 13.6. The van der Waals surface area contributed by atoms with Crippen molar-refractivity contribution < 1.29 is 27.1 Å². The summed E-state index contributed by atoms with van der Waals surface area (Å²) in [5.74, 6) is -1.55. The molecular formula is C24H20Cl2N6O7S. The Morgan fingerprint density at radius 1 is 1.18 bits per heavy atom. The zero-order chi connectivity index (χ0) is 29.2. The lowest BCUT2D eigenvalue weighted by Gasteiger charge is -2.23. The van der Waals surface area contributed by atoms with Crippen molar-refractivity contribution in [2.75, 3.05) is 17.4 Å². The fraction of sp³-hybridized carbons (Fsp3) is 0.167. The van der Waals surface area contributed by atoms with Gasteiger partial charge >= 0.3 is 10.1 Å². The number of non-ortho nitro benzene ring substituents is 1. The van der Waals surface area contributed by atoms with Gasteiger partial charge in [-0.3, -0.25) is 19.7 Å². The summed E-state index contributed by atoms with van der Waals surface area (Å²) in [6, 6.07) is 9.07. The summed E-state index contributed by atoms with van der Waals surface area (Å²) in [6.45, 7) is 1.65. The van der Waals surface area contributed by atoms with E-state index in [4.69, 9.17) is 27.4 Å². The van der Waals surface area contributed by atoms with Crippen LogP contribution >= 0.6 is 23.2 Å². The Balaban J connectivity index is 1.68. The third-order valence-corrected chi connectivity index (χ3v) is 7.44. The number of halogens is 2. The molecule has 2 aromatic carbocycles. The first-order chi connectivity index (χ1) is 18.9. The SMILES string of the molecule is CNC(=O)c1cc(Cl)cc(C)c1NC(=O)C1CC(OS(=O)(=O)c2cccc([N+](=O)[O-])c2)=NN1c1ncccc1Cl. The molecule has 0 saturated heterocycles. The van der Waals surface area contributed by atoms with Gasteiger partial charge in [0.2, 0.25) is 11.8 Å². The fourth-order valence-electron chi connectivity index (χ4n) is 3.83. The minimum Gasteiger partial charge on any atom is -0.361 e. The van der Waals surface area contributed by atoms with Crippen molar-refractivity contribution in [1.82, 2.24) is 10.3 Å². The predicted molar refractivity (Wildman–Crippen MR) is 147 cm³/mol. The van der Waals surface area contributed by atoms with E-state index in [1.165, 1.54) is 31.4 Å². The Labute approximate surface area is 238 Å². The van der Waals surface area contributed by atoms with E-state index in [1.807, 2.05) is 0 Å². The van der Waals surface area contributed by atoms with Gasteiger partial charge in [-0.15, -0.1) is 5.10 Å². The molecule has 16 heteroatoms. The molecule has 0 saturated carbocycles. The highest BCUT2D eigenvalue weighted by atomic mass is 35.5. The average Bonchev–Trinajstić information content (AvgIpc) is 3.32. The molecule has 1 aliphatic rings. The summed E-state index contributed by atoms with van der Waals surface area (Å²) < 4.78 is 31.0. The molecule has 0 bridgehead atoms. The Hall–Kier alpha value is -4.27.